The Labute approximate surface area is 109 Å². The molecule has 18 heavy (non-hydrogen) atoms. The summed E-state index contributed by atoms with van der Waals surface area (Å²) in [6, 6.07) is 0. The maximum absolute atomic E-state index is 10.8. The van der Waals surface area contributed by atoms with Gasteiger partial charge in [0, 0.05) is 19.6 Å². The van der Waals surface area contributed by atoms with E-state index in [1.807, 2.05) is 19.1 Å². The summed E-state index contributed by atoms with van der Waals surface area (Å²) in [6.07, 6.45) is 7.85. The molecule has 4 heteroatoms. The second kappa shape index (κ2) is 8.27. The quantitative estimate of drug-likeness (QED) is 0.653. The molecule has 0 aromatic rings. The van der Waals surface area contributed by atoms with E-state index in [2.05, 4.69) is 0 Å². The number of rotatable bonds is 8. The Bertz CT molecular complexity index is 275. The molecule has 1 aliphatic carbocycles. The molecule has 1 saturated carbocycles. The van der Waals surface area contributed by atoms with E-state index in [-0.39, 0.29) is 25.0 Å². The van der Waals surface area contributed by atoms with E-state index in [1.165, 1.54) is 0 Å². The fourth-order valence-corrected chi connectivity index (χ4v) is 2.80. The first-order valence-corrected chi connectivity index (χ1v) is 6.78. The molecule has 1 rings (SSSR count). The Hall–Kier alpha value is -0.870. The van der Waals surface area contributed by atoms with Crippen molar-refractivity contribution in [3.05, 3.63) is 12.2 Å². The minimum absolute atomic E-state index is 0.161. The smallest absolute Gasteiger partial charge is 0.303 e. The molecule has 104 valence electrons. The topological polar surface area (TPSA) is 66.8 Å². The molecular formula is C14H24O4. The number of aliphatic hydroxyl groups is 1. The largest absolute Gasteiger partial charge is 0.481 e. The maximum atomic E-state index is 10.8. The van der Waals surface area contributed by atoms with Crippen LogP contribution in [0.2, 0.25) is 0 Å². The third kappa shape index (κ3) is 4.78. The Balaban J connectivity index is 2.53. The van der Waals surface area contributed by atoms with Gasteiger partial charge in [-0.1, -0.05) is 12.2 Å². The van der Waals surface area contributed by atoms with E-state index in [0.717, 1.165) is 19.3 Å². The summed E-state index contributed by atoms with van der Waals surface area (Å²) in [7, 11) is 0. The van der Waals surface area contributed by atoms with Crippen LogP contribution in [0, 0.1) is 11.8 Å². The van der Waals surface area contributed by atoms with Crippen LogP contribution in [-0.4, -0.2) is 35.5 Å². The number of ether oxygens (including phenoxy) is 1. The van der Waals surface area contributed by atoms with Gasteiger partial charge in [0.05, 0.1) is 6.10 Å². The SMILES string of the molecule is CCOC1CC[C@H](CC(=O)O)[C@H]1C/C=C/CCO. The van der Waals surface area contributed by atoms with Crippen LogP contribution in [0.3, 0.4) is 0 Å². The molecule has 0 aromatic carbocycles. The second-order valence-corrected chi connectivity index (χ2v) is 4.81. The van der Waals surface area contributed by atoms with E-state index in [0.29, 0.717) is 18.9 Å². The average molecular weight is 256 g/mol. The van der Waals surface area contributed by atoms with Crippen molar-refractivity contribution < 1.29 is 19.7 Å². The fraction of sp³-hybridized carbons (Fsp3) is 0.786. The molecule has 0 aromatic heterocycles. The summed E-state index contributed by atoms with van der Waals surface area (Å²) < 4.78 is 5.71. The Morgan fingerprint density at radius 2 is 2.17 bits per heavy atom. The molecule has 0 bridgehead atoms. The highest BCUT2D eigenvalue weighted by atomic mass is 16.5. The average Bonchev–Trinajstić information content (AvgIpc) is 2.68. The van der Waals surface area contributed by atoms with E-state index >= 15 is 0 Å². The molecule has 1 fully saturated rings. The minimum atomic E-state index is -0.721. The van der Waals surface area contributed by atoms with Gasteiger partial charge in [0.1, 0.15) is 0 Å². The van der Waals surface area contributed by atoms with Crippen LogP contribution in [-0.2, 0) is 9.53 Å². The van der Waals surface area contributed by atoms with Crippen molar-refractivity contribution in [1.82, 2.24) is 0 Å². The van der Waals surface area contributed by atoms with Crippen molar-refractivity contribution in [3.63, 3.8) is 0 Å². The van der Waals surface area contributed by atoms with Crippen molar-refractivity contribution in [2.75, 3.05) is 13.2 Å². The Morgan fingerprint density at radius 3 is 2.78 bits per heavy atom. The number of aliphatic hydroxyl groups excluding tert-OH is 1. The van der Waals surface area contributed by atoms with E-state index < -0.39 is 5.97 Å². The summed E-state index contributed by atoms with van der Waals surface area (Å²) in [6.45, 7) is 2.82. The highest BCUT2D eigenvalue weighted by molar-refractivity contribution is 5.67. The van der Waals surface area contributed by atoms with Crippen LogP contribution in [0.5, 0.6) is 0 Å². The normalized spacial score (nSPS) is 28.0. The van der Waals surface area contributed by atoms with Gasteiger partial charge in [-0.05, 0) is 44.4 Å². The highest BCUT2D eigenvalue weighted by Crippen LogP contribution is 2.38. The minimum Gasteiger partial charge on any atom is -0.481 e. The summed E-state index contributed by atoms with van der Waals surface area (Å²) >= 11 is 0. The summed E-state index contributed by atoms with van der Waals surface area (Å²) in [4.78, 5) is 10.8. The van der Waals surface area contributed by atoms with Crippen LogP contribution in [0.1, 0.15) is 39.0 Å². The van der Waals surface area contributed by atoms with Gasteiger partial charge in [0.2, 0.25) is 0 Å². The lowest BCUT2D eigenvalue weighted by Crippen LogP contribution is -2.23. The van der Waals surface area contributed by atoms with Gasteiger partial charge in [-0.3, -0.25) is 4.79 Å². The molecule has 1 aliphatic rings. The van der Waals surface area contributed by atoms with Crippen molar-refractivity contribution in [2.24, 2.45) is 11.8 Å². The first kappa shape index (κ1) is 15.2. The van der Waals surface area contributed by atoms with Gasteiger partial charge in [-0.25, -0.2) is 0 Å². The zero-order valence-electron chi connectivity index (χ0n) is 11.0. The van der Waals surface area contributed by atoms with Crippen LogP contribution in [0.15, 0.2) is 12.2 Å². The lowest BCUT2D eigenvalue weighted by molar-refractivity contribution is -0.138. The van der Waals surface area contributed by atoms with Gasteiger partial charge >= 0.3 is 5.97 Å². The van der Waals surface area contributed by atoms with Crippen molar-refractivity contribution in [3.8, 4) is 0 Å². The van der Waals surface area contributed by atoms with E-state index in [9.17, 15) is 4.79 Å². The van der Waals surface area contributed by atoms with Crippen molar-refractivity contribution >= 4 is 5.97 Å². The molecule has 0 spiro atoms. The number of carboxylic acids is 1. The molecular weight excluding hydrogens is 232 g/mol. The van der Waals surface area contributed by atoms with Crippen LogP contribution in [0.4, 0.5) is 0 Å². The first-order valence-electron chi connectivity index (χ1n) is 6.78. The third-order valence-corrected chi connectivity index (χ3v) is 3.59. The van der Waals surface area contributed by atoms with Gasteiger partial charge in [0.15, 0.2) is 0 Å². The lowest BCUT2D eigenvalue weighted by atomic mass is 9.89. The predicted molar refractivity (Wildman–Crippen MR) is 69.3 cm³/mol. The van der Waals surface area contributed by atoms with Gasteiger partial charge in [-0.15, -0.1) is 0 Å². The predicted octanol–water partition coefficient (Wildman–Crippen LogP) is 2.22. The summed E-state index contributed by atoms with van der Waals surface area (Å²) in [5.74, 6) is -0.199. The van der Waals surface area contributed by atoms with Crippen LogP contribution in [0.25, 0.3) is 0 Å². The molecule has 0 amide bonds. The van der Waals surface area contributed by atoms with Gasteiger partial charge in [0.25, 0.3) is 0 Å². The first-order chi connectivity index (χ1) is 8.69. The standard InChI is InChI=1S/C14H24O4/c1-2-18-13-8-7-11(10-14(16)17)12(13)6-4-3-5-9-15/h3-4,11-13,15H,2,5-10H2,1H3,(H,16,17)/b4-3+/t11-,12-,13?/m1/s1. The van der Waals surface area contributed by atoms with Gasteiger partial charge < -0.3 is 14.9 Å². The van der Waals surface area contributed by atoms with Crippen molar-refractivity contribution in [2.45, 2.75) is 45.1 Å². The maximum Gasteiger partial charge on any atom is 0.303 e. The molecule has 4 nitrogen and oxygen atoms in total. The third-order valence-electron chi connectivity index (χ3n) is 3.59. The zero-order chi connectivity index (χ0) is 13.4. The fourth-order valence-electron chi connectivity index (χ4n) is 2.80. The lowest BCUT2D eigenvalue weighted by Gasteiger charge is -2.22. The van der Waals surface area contributed by atoms with Crippen LogP contribution >= 0.6 is 0 Å². The molecule has 2 N–H and O–H groups in total. The summed E-state index contributed by atoms with van der Waals surface area (Å²) in [5, 5.41) is 17.6. The Kier molecular flexibility index (Phi) is 6.98. The number of carboxylic acid groups (broad SMARTS) is 1. The molecule has 0 heterocycles. The van der Waals surface area contributed by atoms with E-state index in [4.69, 9.17) is 14.9 Å². The second-order valence-electron chi connectivity index (χ2n) is 4.81. The van der Waals surface area contributed by atoms with E-state index in [1.54, 1.807) is 0 Å². The number of hydrogen-bond donors (Lipinski definition) is 2. The molecule has 0 saturated heterocycles. The van der Waals surface area contributed by atoms with Crippen LogP contribution < -0.4 is 0 Å². The zero-order valence-corrected chi connectivity index (χ0v) is 11.0. The number of hydrogen-bond acceptors (Lipinski definition) is 3. The molecule has 0 aliphatic heterocycles. The molecule has 0 radical (unpaired) electrons. The number of allylic oxidation sites excluding steroid dienone is 1. The Morgan fingerprint density at radius 1 is 1.39 bits per heavy atom. The highest BCUT2D eigenvalue weighted by Gasteiger charge is 2.36. The summed E-state index contributed by atoms with van der Waals surface area (Å²) in [5.41, 5.74) is 0. The molecule has 1 unspecified atom stereocenters. The van der Waals surface area contributed by atoms with Crippen molar-refractivity contribution in [1.29, 1.82) is 0 Å². The molecule has 3 atom stereocenters. The number of carbonyl (C=O) groups is 1. The monoisotopic (exact) mass is 256 g/mol. The number of aliphatic carboxylic acids is 1. The van der Waals surface area contributed by atoms with Gasteiger partial charge in [-0.2, -0.15) is 0 Å².